The number of nitrogens with zero attached hydrogens (tertiary/aromatic N) is 2. The number of sulfonamides is 1. The molecule has 8 heteroatoms. The molecule has 3 rings (SSSR count). The van der Waals surface area contributed by atoms with Gasteiger partial charge in [0.1, 0.15) is 12.4 Å². The molecule has 0 bridgehead atoms. The largest absolute Gasteiger partial charge is 0.489 e. The van der Waals surface area contributed by atoms with Crippen LogP contribution in [-0.4, -0.2) is 19.9 Å². The summed E-state index contributed by atoms with van der Waals surface area (Å²) >= 11 is 0. The summed E-state index contributed by atoms with van der Waals surface area (Å²) in [6, 6.07) is 20.2. The highest BCUT2D eigenvalue weighted by molar-refractivity contribution is 7.92. The molecule has 3 aromatic rings. The second-order valence-corrected chi connectivity index (χ2v) is 8.66. The number of hydrogen-bond donors (Lipinski definition) is 0. The monoisotopic (exact) mass is 438 g/mol. The first kappa shape index (κ1) is 22.0. The number of benzene rings is 3. The molecule has 0 fully saturated rings. The minimum absolute atomic E-state index is 0.00816. The number of anilines is 1. The molecule has 0 N–H and O–H groups in total. The third-order valence-corrected chi connectivity index (χ3v) is 6.42. The predicted octanol–water partition coefficient (Wildman–Crippen LogP) is 4.86. The van der Waals surface area contributed by atoms with E-state index in [0.29, 0.717) is 23.6 Å². The minimum atomic E-state index is -4.04. The molecule has 31 heavy (non-hydrogen) atoms. The number of aryl methyl sites for hydroxylation is 1. The molecule has 7 nitrogen and oxygen atoms in total. The molecule has 0 atom stereocenters. The lowest BCUT2D eigenvalue weighted by molar-refractivity contribution is -0.385. The molecule has 0 aromatic heterocycles. The Bertz CT molecular complexity index is 1180. The van der Waals surface area contributed by atoms with Crippen molar-refractivity contribution in [1.29, 1.82) is 0 Å². The van der Waals surface area contributed by atoms with Gasteiger partial charge in [0.05, 0.1) is 22.1 Å². The average Bonchev–Trinajstić information content (AvgIpc) is 2.77. The lowest BCUT2D eigenvalue weighted by Gasteiger charge is -2.23. The van der Waals surface area contributed by atoms with Crippen molar-refractivity contribution in [2.24, 2.45) is 0 Å². The average molecular weight is 439 g/mol. The molecular weight excluding hydrogens is 416 g/mol. The van der Waals surface area contributed by atoms with Gasteiger partial charge < -0.3 is 4.74 Å². The van der Waals surface area contributed by atoms with Crippen molar-refractivity contribution >= 4 is 21.4 Å². The van der Waals surface area contributed by atoms with Crippen LogP contribution in [0.15, 0.2) is 90.3 Å². The van der Waals surface area contributed by atoms with Gasteiger partial charge in [-0.1, -0.05) is 42.5 Å². The summed E-state index contributed by atoms with van der Waals surface area (Å²) < 4.78 is 33.4. The van der Waals surface area contributed by atoms with E-state index >= 15 is 0 Å². The van der Waals surface area contributed by atoms with Crippen LogP contribution in [0.2, 0.25) is 0 Å². The fraction of sp³-hybridized carbons (Fsp3) is 0.130. The predicted molar refractivity (Wildman–Crippen MR) is 120 cm³/mol. The first-order chi connectivity index (χ1) is 14.8. The number of nitro benzene ring substituents is 1. The van der Waals surface area contributed by atoms with Crippen molar-refractivity contribution in [2.75, 3.05) is 10.8 Å². The van der Waals surface area contributed by atoms with E-state index in [2.05, 4.69) is 6.58 Å². The van der Waals surface area contributed by atoms with Gasteiger partial charge in [0, 0.05) is 11.6 Å². The molecule has 160 valence electrons. The van der Waals surface area contributed by atoms with Crippen molar-refractivity contribution in [3.8, 4) is 5.75 Å². The number of hydrogen-bond acceptors (Lipinski definition) is 5. The van der Waals surface area contributed by atoms with E-state index in [4.69, 9.17) is 4.74 Å². The van der Waals surface area contributed by atoms with Crippen LogP contribution in [0.3, 0.4) is 0 Å². The van der Waals surface area contributed by atoms with Crippen LogP contribution < -0.4 is 9.04 Å². The Kier molecular flexibility index (Phi) is 6.71. The first-order valence-corrected chi connectivity index (χ1v) is 10.9. The summed E-state index contributed by atoms with van der Waals surface area (Å²) in [5, 5.41) is 11.2. The highest BCUT2D eigenvalue weighted by atomic mass is 32.2. The first-order valence-electron chi connectivity index (χ1n) is 9.48. The van der Waals surface area contributed by atoms with E-state index in [9.17, 15) is 18.5 Å². The van der Waals surface area contributed by atoms with Crippen LogP contribution in [0.25, 0.3) is 0 Å². The summed E-state index contributed by atoms with van der Waals surface area (Å²) in [6.07, 6.45) is 1.46. The maximum atomic E-state index is 13.2. The van der Waals surface area contributed by atoms with E-state index in [1.54, 1.807) is 31.2 Å². The van der Waals surface area contributed by atoms with E-state index < -0.39 is 14.9 Å². The standard InChI is InChI=1S/C23H22N2O5S/c1-3-15-24(31(28,29)22-14-9-18(2)23(16-22)25(26)27)20-10-12-21(13-11-20)30-17-19-7-5-4-6-8-19/h3-14,16H,1,15,17H2,2H3. The van der Waals surface area contributed by atoms with Gasteiger partial charge >= 0.3 is 0 Å². The van der Waals surface area contributed by atoms with Crippen LogP contribution in [0.1, 0.15) is 11.1 Å². The molecule has 0 saturated heterocycles. The number of rotatable bonds is 9. The van der Waals surface area contributed by atoms with Gasteiger partial charge in [-0.15, -0.1) is 6.58 Å². The Labute approximate surface area is 181 Å². The number of nitro groups is 1. The molecule has 0 amide bonds. The fourth-order valence-corrected chi connectivity index (χ4v) is 4.44. The summed E-state index contributed by atoms with van der Waals surface area (Å²) in [7, 11) is -4.04. The Morgan fingerprint density at radius 1 is 1.06 bits per heavy atom. The number of ether oxygens (including phenoxy) is 1. The van der Waals surface area contributed by atoms with Crippen molar-refractivity contribution in [2.45, 2.75) is 18.4 Å². The third-order valence-electron chi connectivity index (χ3n) is 4.63. The van der Waals surface area contributed by atoms with Crippen LogP contribution in [-0.2, 0) is 16.6 Å². The van der Waals surface area contributed by atoms with Crippen LogP contribution in [0.4, 0.5) is 11.4 Å². The summed E-state index contributed by atoms with van der Waals surface area (Å²) in [4.78, 5) is 10.5. The van der Waals surface area contributed by atoms with Gasteiger partial charge in [0.25, 0.3) is 15.7 Å². The molecular formula is C23H22N2O5S. The zero-order valence-electron chi connectivity index (χ0n) is 17.0. The minimum Gasteiger partial charge on any atom is -0.489 e. The fourth-order valence-electron chi connectivity index (χ4n) is 2.98. The van der Waals surface area contributed by atoms with Gasteiger partial charge in [-0.05, 0) is 42.8 Å². The quantitative estimate of drug-likeness (QED) is 0.270. The normalized spacial score (nSPS) is 11.0. The van der Waals surface area contributed by atoms with E-state index in [0.717, 1.165) is 15.9 Å². The third kappa shape index (κ3) is 5.10. The van der Waals surface area contributed by atoms with Crippen LogP contribution >= 0.6 is 0 Å². The van der Waals surface area contributed by atoms with E-state index in [1.807, 2.05) is 30.3 Å². The smallest absolute Gasteiger partial charge is 0.273 e. The van der Waals surface area contributed by atoms with Crippen LogP contribution in [0.5, 0.6) is 5.75 Å². The topological polar surface area (TPSA) is 89.8 Å². The maximum absolute atomic E-state index is 13.2. The molecule has 0 aliphatic carbocycles. The zero-order valence-corrected chi connectivity index (χ0v) is 17.8. The zero-order chi connectivity index (χ0) is 22.4. The van der Waals surface area contributed by atoms with Gasteiger partial charge in [-0.25, -0.2) is 8.42 Å². The summed E-state index contributed by atoms with van der Waals surface area (Å²) in [6.45, 7) is 5.59. The molecule has 0 spiro atoms. The van der Waals surface area contributed by atoms with E-state index in [-0.39, 0.29) is 17.1 Å². The highest BCUT2D eigenvalue weighted by Crippen LogP contribution is 2.29. The second-order valence-electron chi connectivity index (χ2n) is 6.80. The molecule has 3 aromatic carbocycles. The summed E-state index contributed by atoms with van der Waals surface area (Å²) in [5.41, 5.74) is 1.56. The molecule has 0 heterocycles. The Hall–Kier alpha value is -3.65. The molecule has 0 aliphatic rings. The molecule has 0 saturated carbocycles. The van der Waals surface area contributed by atoms with Crippen molar-refractivity contribution in [1.82, 2.24) is 0 Å². The molecule has 0 aliphatic heterocycles. The van der Waals surface area contributed by atoms with E-state index in [1.165, 1.54) is 18.2 Å². The second kappa shape index (κ2) is 9.44. The maximum Gasteiger partial charge on any atom is 0.273 e. The lowest BCUT2D eigenvalue weighted by atomic mass is 10.2. The van der Waals surface area contributed by atoms with Gasteiger partial charge in [-0.2, -0.15) is 0 Å². The van der Waals surface area contributed by atoms with Gasteiger partial charge in [0.15, 0.2) is 0 Å². The van der Waals surface area contributed by atoms with Crippen LogP contribution in [0, 0.1) is 17.0 Å². The Balaban J connectivity index is 1.86. The van der Waals surface area contributed by atoms with Crippen molar-refractivity contribution < 1.29 is 18.1 Å². The van der Waals surface area contributed by atoms with Gasteiger partial charge in [0.2, 0.25) is 0 Å². The van der Waals surface area contributed by atoms with Gasteiger partial charge in [-0.3, -0.25) is 14.4 Å². The Morgan fingerprint density at radius 3 is 2.35 bits per heavy atom. The summed E-state index contributed by atoms with van der Waals surface area (Å²) in [5.74, 6) is 0.592. The lowest BCUT2D eigenvalue weighted by Crippen LogP contribution is -2.31. The Morgan fingerprint density at radius 2 is 1.74 bits per heavy atom. The highest BCUT2D eigenvalue weighted by Gasteiger charge is 2.26. The SMILES string of the molecule is C=CCN(c1ccc(OCc2ccccc2)cc1)S(=O)(=O)c1ccc(C)c([N+](=O)[O-])c1. The molecule has 0 radical (unpaired) electrons. The molecule has 0 unspecified atom stereocenters. The van der Waals surface area contributed by atoms with Crippen molar-refractivity contribution in [3.63, 3.8) is 0 Å². The van der Waals surface area contributed by atoms with Crippen molar-refractivity contribution in [3.05, 3.63) is 107 Å².